The number of likely N-dealkylation sites (tertiary alicyclic amines) is 1. The zero-order valence-electron chi connectivity index (χ0n) is 16.1. The molecule has 0 spiro atoms. The molecule has 0 saturated carbocycles. The summed E-state index contributed by atoms with van der Waals surface area (Å²) in [6.45, 7) is 11.6. The first-order valence-corrected chi connectivity index (χ1v) is 10.5. The van der Waals surface area contributed by atoms with E-state index in [2.05, 4.69) is 56.9 Å². The molecular weight excluding hydrogens is 360 g/mol. The number of thiocarbonyl (C=S) groups is 1. The van der Waals surface area contributed by atoms with Gasteiger partial charge in [0.25, 0.3) is 5.91 Å². The Labute approximate surface area is 166 Å². The first-order valence-electron chi connectivity index (χ1n) is 9.32. The van der Waals surface area contributed by atoms with Gasteiger partial charge in [0, 0.05) is 13.1 Å². The summed E-state index contributed by atoms with van der Waals surface area (Å²) in [5.74, 6) is 0.826. The van der Waals surface area contributed by atoms with Gasteiger partial charge in [-0.3, -0.25) is 14.6 Å². The average Bonchev–Trinajstić information content (AvgIpc) is 2.84. The molecule has 140 valence electrons. The third-order valence-corrected chi connectivity index (χ3v) is 6.54. The van der Waals surface area contributed by atoms with Crippen LogP contribution in [-0.2, 0) is 10.2 Å². The van der Waals surface area contributed by atoms with Gasteiger partial charge in [0.15, 0.2) is 0 Å². The van der Waals surface area contributed by atoms with Crippen molar-refractivity contribution in [1.29, 1.82) is 0 Å². The molecule has 0 N–H and O–H groups in total. The molecule has 2 aliphatic rings. The van der Waals surface area contributed by atoms with Gasteiger partial charge in [-0.2, -0.15) is 0 Å². The number of hydrogen-bond acceptors (Lipinski definition) is 4. The molecule has 3 rings (SSSR count). The zero-order chi connectivity index (χ0) is 18.9. The molecule has 2 saturated heterocycles. The Kier molecular flexibility index (Phi) is 5.90. The van der Waals surface area contributed by atoms with Crippen molar-refractivity contribution < 1.29 is 4.79 Å². The molecule has 2 aliphatic heterocycles. The lowest BCUT2D eigenvalue weighted by Gasteiger charge is -2.32. The van der Waals surface area contributed by atoms with Gasteiger partial charge in [-0.25, -0.2) is 0 Å². The van der Waals surface area contributed by atoms with Crippen LogP contribution in [0, 0.1) is 5.92 Å². The standard InChI is InChI=1S/C21H28N2OS2/c1-15-9-11-22(12-10-15)14-23-19(24)18(26-20(23)25)13-16-5-7-17(8-6-16)21(2,3)4/h5-8,13,15H,9-12,14H2,1-4H3. The lowest BCUT2D eigenvalue weighted by molar-refractivity contribution is -0.123. The third-order valence-electron chi connectivity index (χ3n) is 5.17. The summed E-state index contributed by atoms with van der Waals surface area (Å²) in [4.78, 5) is 17.6. The van der Waals surface area contributed by atoms with Crippen LogP contribution in [0.5, 0.6) is 0 Å². The summed E-state index contributed by atoms with van der Waals surface area (Å²) < 4.78 is 0.672. The Balaban J connectivity index is 1.69. The van der Waals surface area contributed by atoms with Crippen LogP contribution >= 0.6 is 24.0 Å². The number of thioether (sulfide) groups is 1. The smallest absolute Gasteiger partial charge is 0.267 e. The van der Waals surface area contributed by atoms with Gasteiger partial charge in [-0.05, 0) is 41.4 Å². The van der Waals surface area contributed by atoms with Gasteiger partial charge in [0.1, 0.15) is 4.32 Å². The van der Waals surface area contributed by atoms with Gasteiger partial charge in [0.2, 0.25) is 0 Å². The van der Waals surface area contributed by atoms with Crippen LogP contribution in [0.1, 0.15) is 51.7 Å². The lowest BCUT2D eigenvalue weighted by atomic mass is 9.87. The molecular formula is C21H28N2OS2. The van der Waals surface area contributed by atoms with E-state index in [-0.39, 0.29) is 11.3 Å². The molecule has 1 amide bonds. The number of rotatable bonds is 3. The summed E-state index contributed by atoms with van der Waals surface area (Å²) >= 11 is 6.89. The van der Waals surface area contributed by atoms with Gasteiger partial charge in [-0.15, -0.1) is 0 Å². The van der Waals surface area contributed by atoms with E-state index in [0.29, 0.717) is 11.0 Å². The van der Waals surface area contributed by atoms with E-state index in [1.54, 1.807) is 4.90 Å². The number of benzene rings is 1. The minimum atomic E-state index is 0.0403. The second-order valence-electron chi connectivity index (χ2n) is 8.42. The highest BCUT2D eigenvalue weighted by Crippen LogP contribution is 2.33. The second-order valence-corrected chi connectivity index (χ2v) is 10.1. The van der Waals surface area contributed by atoms with Crippen molar-refractivity contribution in [2.24, 2.45) is 5.92 Å². The predicted molar refractivity (Wildman–Crippen MR) is 115 cm³/mol. The molecule has 0 aliphatic carbocycles. The molecule has 2 fully saturated rings. The van der Waals surface area contributed by atoms with Crippen molar-refractivity contribution in [3.8, 4) is 0 Å². The maximum absolute atomic E-state index is 12.8. The molecule has 3 nitrogen and oxygen atoms in total. The first kappa shape index (κ1) is 19.6. The van der Waals surface area contributed by atoms with Gasteiger partial charge < -0.3 is 0 Å². The molecule has 1 aromatic rings. The minimum Gasteiger partial charge on any atom is -0.286 e. The highest BCUT2D eigenvalue weighted by molar-refractivity contribution is 8.26. The molecule has 1 aromatic carbocycles. The van der Waals surface area contributed by atoms with Crippen molar-refractivity contribution in [3.05, 3.63) is 40.3 Å². The molecule has 2 heterocycles. The average molecular weight is 389 g/mol. The monoisotopic (exact) mass is 388 g/mol. The summed E-state index contributed by atoms with van der Waals surface area (Å²) in [7, 11) is 0. The molecule has 26 heavy (non-hydrogen) atoms. The number of piperidine rings is 1. The summed E-state index contributed by atoms with van der Waals surface area (Å²) in [5, 5.41) is 0. The molecule has 0 unspecified atom stereocenters. The van der Waals surface area contributed by atoms with E-state index in [0.717, 1.165) is 29.5 Å². The van der Waals surface area contributed by atoms with Crippen molar-refractivity contribution >= 4 is 40.3 Å². The van der Waals surface area contributed by atoms with Crippen LogP contribution in [0.4, 0.5) is 0 Å². The molecule has 5 heteroatoms. The predicted octanol–water partition coefficient (Wildman–Crippen LogP) is 4.87. The van der Waals surface area contributed by atoms with E-state index in [4.69, 9.17) is 12.2 Å². The molecule has 0 radical (unpaired) electrons. The number of carbonyl (C=O) groups excluding carboxylic acids is 1. The van der Waals surface area contributed by atoms with E-state index < -0.39 is 0 Å². The Bertz CT molecular complexity index is 711. The Hall–Kier alpha value is -1.17. The van der Waals surface area contributed by atoms with Crippen molar-refractivity contribution in [2.45, 2.75) is 46.0 Å². The maximum Gasteiger partial charge on any atom is 0.267 e. The van der Waals surface area contributed by atoms with E-state index >= 15 is 0 Å². The molecule has 0 bridgehead atoms. The van der Waals surface area contributed by atoms with Crippen LogP contribution < -0.4 is 0 Å². The summed E-state index contributed by atoms with van der Waals surface area (Å²) in [5.41, 5.74) is 2.47. The third kappa shape index (κ3) is 4.56. The van der Waals surface area contributed by atoms with Crippen LogP contribution in [0.15, 0.2) is 29.2 Å². The van der Waals surface area contributed by atoms with Crippen LogP contribution in [0.2, 0.25) is 0 Å². The zero-order valence-corrected chi connectivity index (χ0v) is 17.8. The molecule has 0 aromatic heterocycles. The normalized spacial score (nSPS) is 21.8. The number of nitrogens with zero attached hydrogens (tertiary/aromatic N) is 2. The topological polar surface area (TPSA) is 23.6 Å². The summed E-state index contributed by atoms with van der Waals surface area (Å²) in [6, 6.07) is 8.45. The largest absolute Gasteiger partial charge is 0.286 e. The van der Waals surface area contributed by atoms with Gasteiger partial charge in [0.05, 0.1) is 11.6 Å². The van der Waals surface area contributed by atoms with Crippen LogP contribution in [0.25, 0.3) is 6.08 Å². The van der Waals surface area contributed by atoms with Crippen LogP contribution in [0.3, 0.4) is 0 Å². The van der Waals surface area contributed by atoms with E-state index in [1.165, 1.54) is 30.2 Å². The van der Waals surface area contributed by atoms with E-state index in [1.807, 2.05) is 6.08 Å². The molecule has 0 atom stereocenters. The Morgan fingerprint density at radius 3 is 2.38 bits per heavy atom. The Morgan fingerprint density at radius 1 is 1.19 bits per heavy atom. The van der Waals surface area contributed by atoms with Gasteiger partial charge >= 0.3 is 0 Å². The first-order chi connectivity index (χ1) is 12.2. The SMILES string of the molecule is CC1CCN(CN2C(=O)C(=Cc3ccc(C(C)(C)C)cc3)SC2=S)CC1. The van der Waals surface area contributed by atoms with Gasteiger partial charge in [-0.1, -0.05) is 75.9 Å². The Morgan fingerprint density at radius 2 is 1.81 bits per heavy atom. The highest BCUT2D eigenvalue weighted by Gasteiger charge is 2.33. The fourth-order valence-corrected chi connectivity index (χ4v) is 4.50. The second kappa shape index (κ2) is 7.83. The van der Waals surface area contributed by atoms with E-state index in [9.17, 15) is 4.79 Å². The lowest BCUT2D eigenvalue weighted by Crippen LogP contribution is -2.43. The number of amides is 1. The van der Waals surface area contributed by atoms with Crippen molar-refractivity contribution in [3.63, 3.8) is 0 Å². The highest BCUT2D eigenvalue weighted by atomic mass is 32.2. The fraction of sp³-hybridized carbons (Fsp3) is 0.524. The quantitative estimate of drug-likeness (QED) is 0.544. The minimum absolute atomic E-state index is 0.0403. The number of hydrogen-bond donors (Lipinski definition) is 0. The van der Waals surface area contributed by atoms with Crippen molar-refractivity contribution in [2.75, 3.05) is 19.8 Å². The maximum atomic E-state index is 12.8. The van der Waals surface area contributed by atoms with Crippen LogP contribution in [-0.4, -0.2) is 39.8 Å². The summed E-state index contributed by atoms with van der Waals surface area (Å²) in [6.07, 6.45) is 4.36. The number of carbonyl (C=O) groups is 1. The fourth-order valence-electron chi connectivity index (χ4n) is 3.26. The van der Waals surface area contributed by atoms with Crippen molar-refractivity contribution in [1.82, 2.24) is 9.80 Å².